The molecule has 0 aliphatic rings. The fourth-order valence-corrected chi connectivity index (χ4v) is 3.40. The molecule has 0 spiro atoms. The highest BCUT2D eigenvalue weighted by molar-refractivity contribution is 6.31. The van der Waals surface area contributed by atoms with Crippen molar-refractivity contribution < 1.29 is 27.9 Å². The summed E-state index contributed by atoms with van der Waals surface area (Å²) in [5.74, 6) is -4.93. The van der Waals surface area contributed by atoms with Gasteiger partial charge in [-0.1, -0.05) is 41.9 Å². The van der Waals surface area contributed by atoms with Gasteiger partial charge in [0.2, 0.25) is 5.91 Å². The van der Waals surface area contributed by atoms with E-state index in [0.717, 1.165) is 11.8 Å². The third-order valence-corrected chi connectivity index (χ3v) is 5.53. The predicted molar refractivity (Wildman–Crippen MR) is 125 cm³/mol. The van der Waals surface area contributed by atoms with Gasteiger partial charge in [0.15, 0.2) is 5.82 Å². The molecule has 34 heavy (non-hydrogen) atoms. The van der Waals surface area contributed by atoms with Crippen LogP contribution < -0.4 is 10.2 Å². The Labute approximate surface area is 199 Å². The highest BCUT2D eigenvalue weighted by atomic mass is 35.5. The Kier molecular flexibility index (Phi) is 7.64. The van der Waals surface area contributed by atoms with E-state index in [0.29, 0.717) is 11.3 Å². The second kappa shape index (κ2) is 10.3. The van der Waals surface area contributed by atoms with Crippen LogP contribution in [0.3, 0.4) is 0 Å². The molecule has 0 aliphatic heterocycles. The Morgan fingerprint density at radius 1 is 1.06 bits per heavy atom. The van der Waals surface area contributed by atoms with Gasteiger partial charge in [0, 0.05) is 23.9 Å². The lowest BCUT2D eigenvalue weighted by Gasteiger charge is -2.19. The number of hydrogen-bond donors (Lipinski definition) is 2. The zero-order valence-electron chi connectivity index (χ0n) is 18.4. The maximum absolute atomic E-state index is 14.2. The third kappa shape index (κ3) is 5.58. The molecular formula is C25H22ClF3N2O3. The van der Waals surface area contributed by atoms with Crippen molar-refractivity contribution in [1.82, 2.24) is 0 Å². The van der Waals surface area contributed by atoms with Crippen LogP contribution in [-0.4, -0.2) is 30.1 Å². The molecule has 3 aromatic rings. The zero-order chi connectivity index (χ0) is 25.0. The molecule has 0 bridgehead atoms. The monoisotopic (exact) mass is 490 g/mol. The Morgan fingerprint density at radius 3 is 2.26 bits per heavy atom. The summed E-state index contributed by atoms with van der Waals surface area (Å²) >= 11 is 5.78. The molecule has 0 aliphatic carbocycles. The average Bonchev–Trinajstić information content (AvgIpc) is 2.80. The van der Waals surface area contributed by atoms with Crippen molar-refractivity contribution in [2.45, 2.75) is 25.4 Å². The van der Waals surface area contributed by atoms with Gasteiger partial charge in [-0.15, -0.1) is 0 Å². The minimum Gasteiger partial charge on any atom is -0.387 e. The van der Waals surface area contributed by atoms with Gasteiger partial charge < -0.3 is 15.3 Å². The molecule has 1 atom stereocenters. The first-order valence-electron chi connectivity index (χ1n) is 10.3. The summed E-state index contributed by atoms with van der Waals surface area (Å²) in [4.78, 5) is 26.1. The summed E-state index contributed by atoms with van der Waals surface area (Å²) < 4.78 is 41.9. The average molecular weight is 491 g/mol. The smallest absolute Gasteiger partial charge is 0.298 e. The Hall–Kier alpha value is -3.36. The first-order chi connectivity index (χ1) is 16.0. The fraction of sp³-hybridized carbons (Fsp3) is 0.200. The standard InChI is InChI=1S/C25H22ClF3N2O3/c1-15(32)25(28,29)18-10-6-16(7-11-18)14-22(33)30-19-12-8-17(9-13-19)24(34)31(2)21-5-3-4-20(26)23(21)27/h3-13,15,32H,14H2,1-2H3,(H,30,33). The second-order valence-corrected chi connectivity index (χ2v) is 8.14. The molecule has 5 nitrogen and oxygen atoms in total. The molecule has 3 aromatic carbocycles. The molecule has 0 saturated heterocycles. The molecule has 9 heteroatoms. The summed E-state index contributed by atoms with van der Waals surface area (Å²) in [5, 5.41) is 11.8. The number of alkyl halides is 2. The van der Waals surface area contributed by atoms with E-state index >= 15 is 0 Å². The number of benzene rings is 3. The molecule has 0 radical (unpaired) electrons. The highest BCUT2D eigenvalue weighted by Crippen LogP contribution is 2.31. The van der Waals surface area contributed by atoms with Crippen LogP contribution in [0.5, 0.6) is 0 Å². The van der Waals surface area contributed by atoms with Crippen LogP contribution in [0.15, 0.2) is 66.7 Å². The van der Waals surface area contributed by atoms with Crippen molar-refractivity contribution >= 4 is 34.8 Å². The van der Waals surface area contributed by atoms with Gasteiger partial charge in [-0.25, -0.2) is 4.39 Å². The second-order valence-electron chi connectivity index (χ2n) is 7.74. The summed E-state index contributed by atoms with van der Waals surface area (Å²) in [7, 11) is 1.43. The van der Waals surface area contributed by atoms with Crippen molar-refractivity contribution in [2.24, 2.45) is 0 Å². The number of halogens is 4. The van der Waals surface area contributed by atoms with Crippen molar-refractivity contribution in [1.29, 1.82) is 0 Å². The van der Waals surface area contributed by atoms with Gasteiger partial charge in [-0.2, -0.15) is 8.78 Å². The van der Waals surface area contributed by atoms with Gasteiger partial charge in [-0.05, 0) is 48.9 Å². The van der Waals surface area contributed by atoms with E-state index in [1.54, 1.807) is 0 Å². The van der Waals surface area contributed by atoms with Crippen molar-refractivity contribution in [3.8, 4) is 0 Å². The van der Waals surface area contributed by atoms with Crippen LogP contribution in [0.1, 0.15) is 28.4 Å². The van der Waals surface area contributed by atoms with Crippen LogP contribution >= 0.6 is 11.6 Å². The molecule has 3 rings (SSSR count). The van der Waals surface area contributed by atoms with Crippen LogP contribution in [-0.2, 0) is 17.1 Å². The van der Waals surface area contributed by atoms with Gasteiger partial charge >= 0.3 is 0 Å². The van der Waals surface area contributed by atoms with Gasteiger partial charge in [0.25, 0.3) is 11.8 Å². The number of nitrogens with zero attached hydrogens (tertiary/aromatic N) is 1. The molecule has 2 N–H and O–H groups in total. The Bertz CT molecular complexity index is 1180. The van der Waals surface area contributed by atoms with Gasteiger partial charge in [-0.3, -0.25) is 9.59 Å². The first-order valence-corrected chi connectivity index (χ1v) is 10.7. The summed E-state index contributed by atoms with van der Waals surface area (Å²) in [6.45, 7) is 1.01. The molecule has 0 fully saturated rings. The van der Waals surface area contributed by atoms with Crippen molar-refractivity contribution in [3.05, 3.63) is 94.3 Å². The summed E-state index contributed by atoms with van der Waals surface area (Å²) in [6, 6.07) is 15.5. The van der Waals surface area contributed by atoms with Gasteiger partial charge in [0.1, 0.15) is 6.10 Å². The number of carbonyl (C=O) groups excluding carboxylic acids is 2. The van der Waals surface area contributed by atoms with E-state index in [-0.39, 0.29) is 34.2 Å². The van der Waals surface area contributed by atoms with Gasteiger partial charge in [0.05, 0.1) is 17.1 Å². The lowest BCUT2D eigenvalue weighted by Crippen LogP contribution is -2.27. The molecular weight excluding hydrogens is 469 g/mol. The molecule has 1 unspecified atom stereocenters. The molecule has 2 amide bonds. The van der Waals surface area contributed by atoms with Crippen LogP contribution in [0.25, 0.3) is 0 Å². The van der Waals surface area contributed by atoms with Crippen LogP contribution in [0.2, 0.25) is 5.02 Å². The SMILES string of the molecule is CC(O)C(F)(F)c1ccc(CC(=O)Nc2ccc(C(=O)N(C)c3cccc(Cl)c3F)cc2)cc1. The van der Waals surface area contributed by atoms with Crippen molar-refractivity contribution in [2.75, 3.05) is 17.3 Å². The number of nitrogens with one attached hydrogen (secondary N) is 1. The largest absolute Gasteiger partial charge is 0.387 e. The maximum atomic E-state index is 14.2. The lowest BCUT2D eigenvalue weighted by molar-refractivity contribution is -0.115. The number of carbonyl (C=O) groups is 2. The number of hydrogen-bond acceptors (Lipinski definition) is 3. The van der Waals surface area contributed by atoms with E-state index in [1.807, 2.05) is 0 Å². The molecule has 0 aromatic heterocycles. The Morgan fingerprint density at radius 2 is 1.68 bits per heavy atom. The quantitative estimate of drug-likeness (QED) is 0.465. The number of aliphatic hydroxyl groups excluding tert-OH is 1. The fourth-order valence-electron chi connectivity index (χ4n) is 3.23. The van der Waals surface area contributed by atoms with Crippen LogP contribution in [0.4, 0.5) is 24.5 Å². The molecule has 178 valence electrons. The van der Waals surface area contributed by atoms with E-state index in [2.05, 4.69) is 5.32 Å². The van der Waals surface area contributed by atoms with E-state index in [4.69, 9.17) is 11.6 Å². The number of amides is 2. The number of anilines is 2. The third-order valence-electron chi connectivity index (χ3n) is 5.24. The van der Waals surface area contributed by atoms with Crippen LogP contribution in [0, 0.1) is 5.82 Å². The molecule has 0 saturated carbocycles. The Balaban J connectivity index is 1.62. The first kappa shape index (κ1) is 25.3. The van der Waals surface area contributed by atoms with E-state index in [1.165, 1.54) is 73.8 Å². The normalized spacial score (nSPS) is 12.2. The number of rotatable bonds is 7. The van der Waals surface area contributed by atoms with Crippen molar-refractivity contribution in [3.63, 3.8) is 0 Å². The molecule has 0 heterocycles. The minimum absolute atomic E-state index is 0.0344. The zero-order valence-corrected chi connectivity index (χ0v) is 19.1. The maximum Gasteiger partial charge on any atom is 0.298 e. The highest BCUT2D eigenvalue weighted by Gasteiger charge is 2.37. The lowest BCUT2D eigenvalue weighted by atomic mass is 10.0. The van der Waals surface area contributed by atoms with E-state index < -0.39 is 23.8 Å². The predicted octanol–water partition coefficient (Wildman–Crippen LogP) is 5.41. The summed E-state index contributed by atoms with van der Waals surface area (Å²) in [6.07, 6.45) is -1.89. The van der Waals surface area contributed by atoms with E-state index in [9.17, 15) is 27.9 Å². The number of aliphatic hydroxyl groups is 1. The minimum atomic E-state index is -3.38. The topological polar surface area (TPSA) is 69.6 Å². The summed E-state index contributed by atoms with van der Waals surface area (Å²) in [5.41, 5.74) is 0.908.